The number of rotatable bonds is 6. The van der Waals surface area contributed by atoms with Gasteiger partial charge in [0, 0.05) is 49.9 Å². The van der Waals surface area contributed by atoms with Crippen LogP contribution in [0.3, 0.4) is 0 Å². The molecule has 11 rings (SSSR count). The highest BCUT2D eigenvalue weighted by Crippen LogP contribution is 2.40. The van der Waals surface area contributed by atoms with E-state index < -0.39 is 0 Å². The molecule has 0 atom stereocenters. The zero-order valence-corrected chi connectivity index (χ0v) is 42.1. The molecule has 9 aromatic rings. The number of nitrogens with one attached hydrogen (secondary N) is 2. The predicted octanol–water partition coefficient (Wildman–Crippen LogP) is 16.5. The summed E-state index contributed by atoms with van der Waals surface area (Å²) >= 11 is 0. The van der Waals surface area contributed by atoms with Crippen molar-refractivity contribution in [2.75, 3.05) is 0 Å². The molecule has 0 spiro atoms. The Labute approximate surface area is 416 Å². The molecule has 0 fully saturated rings. The summed E-state index contributed by atoms with van der Waals surface area (Å²) in [7, 11) is 0. The number of hydrogen-bond acceptors (Lipinski definition) is 4. The largest absolute Gasteiger partial charge is 0.354 e. The van der Waals surface area contributed by atoms with E-state index in [1.807, 2.05) is 41.2 Å². The molecule has 0 saturated heterocycles. The van der Waals surface area contributed by atoms with Crippen LogP contribution in [-0.2, 0) is 16.2 Å². The second-order valence-corrected chi connectivity index (χ2v) is 21.9. The van der Waals surface area contributed by atoms with Crippen LogP contribution in [0.25, 0.3) is 108 Å². The Morgan fingerprint density at radius 3 is 1.00 bits per heavy atom. The van der Waals surface area contributed by atoms with Gasteiger partial charge in [0.15, 0.2) is 0 Å². The third-order valence-corrected chi connectivity index (χ3v) is 13.9. The van der Waals surface area contributed by atoms with Gasteiger partial charge in [-0.1, -0.05) is 183 Å². The monoisotopic (exact) mass is 925 g/mol. The topological polar surface area (TPSA) is 88.1 Å². The van der Waals surface area contributed by atoms with Crippen molar-refractivity contribution in [3.05, 3.63) is 197 Å². The molecule has 8 bridgehead atoms. The van der Waals surface area contributed by atoms with Crippen molar-refractivity contribution in [1.82, 2.24) is 34.9 Å². The SMILES string of the molecule is CC(C)(C)c1ccc(-c2c3nc(c(-c4ccc(C(C)(C)C)cc4)c4ccc([nH]4)c(-c4ccc(C(C)(C)C)cc4)c4nc(c(-c5ccc(-n6cc(-c7ccccc7)nn6)cc5)c5ccc2[nH]5)C=C4)C=C3)cc1. The van der Waals surface area contributed by atoms with Crippen molar-refractivity contribution in [1.29, 1.82) is 0 Å². The number of H-pyrrole nitrogens is 2. The number of nitrogens with zero attached hydrogens (tertiary/aromatic N) is 5. The summed E-state index contributed by atoms with van der Waals surface area (Å²) in [5, 5.41) is 9.01. The summed E-state index contributed by atoms with van der Waals surface area (Å²) in [4.78, 5) is 19.0. The van der Waals surface area contributed by atoms with Gasteiger partial charge in [0.05, 0.1) is 34.7 Å². The van der Waals surface area contributed by atoms with E-state index in [4.69, 9.17) is 9.97 Å². The van der Waals surface area contributed by atoms with E-state index in [9.17, 15) is 0 Å². The van der Waals surface area contributed by atoms with E-state index >= 15 is 0 Å². The summed E-state index contributed by atoms with van der Waals surface area (Å²) < 4.78 is 1.83. The summed E-state index contributed by atoms with van der Waals surface area (Å²) in [5.41, 5.74) is 22.3. The summed E-state index contributed by atoms with van der Waals surface area (Å²) in [6.07, 6.45) is 10.6. The molecule has 350 valence electrons. The minimum absolute atomic E-state index is 0.00633. The lowest BCUT2D eigenvalue weighted by Gasteiger charge is -2.19. The molecule has 6 heterocycles. The van der Waals surface area contributed by atoms with Crippen LogP contribution < -0.4 is 0 Å². The van der Waals surface area contributed by atoms with E-state index in [-0.39, 0.29) is 16.2 Å². The van der Waals surface area contributed by atoms with Crippen molar-refractivity contribution in [2.24, 2.45) is 0 Å². The van der Waals surface area contributed by atoms with Crippen molar-refractivity contribution < 1.29 is 0 Å². The molecule has 0 radical (unpaired) electrons. The van der Waals surface area contributed by atoms with Gasteiger partial charge in [-0.3, -0.25) is 0 Å². The molecule has 4 aromatic heterocycles. The molecular weight excluding hydrogens is 867 g/mol. The molecule has 0 aliphatic carbocycles. The number of aromatic nitrogens is 7. The Balaban J connectivity index is 1.20. The maximum Gasteiger partial charge on any atom is 0.113 e. The number of fused-ring (bicyclic) bond motifs is 8. The minimum Gasteiger partial charge on any atom is -0.354 e. The smallest absolute Gasteiger partial charge is 0.113 e. The number of benzene rings is 5. The Bertz CT molecular complexity index is 3640. The zero-order valence-electron chi connectivity index (χ0n) is 42.1. The van der Waals surface area contributed by atoms with Gasteiger partial charge in [0.1, 0.15) is 5.69 Å². The normalized spacial score (nSPS) is 12.7. The van der Waals surface area contributed by atoms with Gasteiger partial charge in [0.2, 0.25) is 0 Å². The second kappa shape index (κ2) is 17.4. The Morgan fingerprint density at radius 2 is 0.676 bits per heavy atom. The lowest BCUT2D eigenvalue weighted by Crippen LogP contribution is -2.10. The standard InChI is InChI=1S/C64H59N7/c1-62(2,3)45-23-15-41(16-24-45)58-49-31-33-51(65-49)59(42-17-25-46(26-18-42)63(4,5)6)53-35-37-55(67-53)61(44-21-29-48(30-22-44)71-39-57(69-70-71)40-13-11-10-12-14-40)56-38-36-54(68-56)60(52-34-32-50(58)66-52)43-19-27-47(28-20-43)64(7,8)9/h10-39,65,68H,1-9H3. The van der Waals surface area contributed by atoms with Gasteiger partial charge in [0.25, 0.3) is 0 Å². The summed E-state index contributed by atoms with van der Waals surface area (Å²) in [6, 6.07) is 54.4. The van der Waals surface area contributed by atoms with Crippen molar-refractivity contribution in [3.8, 4) is 61.5 Å². The van der Waals surface area contributed by atoms with Gasteiger partial charge in [-0.25, -0.2) is 14.6 Å². The molecule has 0 saturated carbocycles. The zero-order chi connectivity index (χ0) is 49.2. The second-order valence-electron chi connectivity index (χ2n) is 21.9. The summed E-state index contributed by atoms with van der Waals surface area (Å²) in [5.74, 6) is 0. The molecule has 2 aliphatic heterocycles. The van der Waals surface area contributed by atoms with Crippen LogP contribution in [0, 0.1) is 0 Å². The quantitative estimate of drug-likeness (QED) is 0.174. The van der Waals surface area contributed by atoms with E-state index in [1.54, 1.807) is 0 Å². The number of hydrogen-bond donors (Lipinski definition) is 2. The van der Waals surface area contributed by atoms with Gasteiger partial charge in [-0.2, -0.15) is 0 Å². The van der Waals surface area contributed by atoms with Crippen LogP contribution in [0.5, 0.6) is 0 Å². The lowest BCUT2D eigenvalue weighted by molar-refractivity contribution is 0.590. The first-order valence-corrected chi connectivity index (χ1v) is 24.6. The Hall–Kier alpha value is -8.16. The predicted molar refractivity (Wildman–Crippen MR) is 297 cm³/mol. The third-order valence-electron chi connectivity index (χ3n) is 13.9. The fourth-order valence-electron chi connectivity index (χ4n) is 9.74. The van der Waals surface area contributed by atoms with E-state index in [0.717, 1.165) is 106 Å². The maximum absolute atomic E-state index is 5.57. The Kier molecular flexibility index (Phi) is 11.1. The van der Waals surface area contributed by atoms with Gasteiger partial charge < -0.3 is 9.97 Å². The lowest BCUT2D eigenvalue weighted by atomic mass is 9.86. The van der Waals surface area contributed by atoms with Crippen molar-refractivity contribution in [2.45, 2.75) is 78.6 Å². The molecule has 0 unspecified atom stereocenters. The first-order chi connectivity index (χ1) is 34.0. The summed E-state index contributed by atoms with van der Waals surface area (Å²) in [6.45, 7) is 20.3. The molecule has 5 aromatic carbocycles. The third kappa shape index (κ3) is 8.78. The molecule has 7 heteroatoms. The molecule has 0 amide bonds. The van der Waals surface area contributed by atoms with Crippen LogP contribution in [0.15, 0.2) is 158 Å². The highest BCUT2D eigenvalue weighted by molar-refractivity contribution is 6.00. The fourth-order valence-corrected chi connectivity index (χ4v) is 9.74. The van der Waals surface area contributed by atoms with Crippen molar-refractivity contribution >= 4 is 46.4 Å². The number of aromatic amines is 2. The highest BCUT2D eigenvalue weighted by atomic mass is 15.4. The van der Waals surface area contributed by atoms with Gasteiger partial charge >= 0.3 is 0 Å². The van der Waals surface area contributed by atoms with E-state index in [0.29, 0.717) is 0 Å². The van der Waals surface area contributed by atoms with Crippen LogP contribution in [-0.4, -0.2) is 34.9 Å². The van der Waals surface area contributed by atoms with Crippen molar-refractivity contribution in [3.63, 3.8) is 0 Å². The molecular formula is C64H59N7. The molecule has 2 aliphatic rings. The molecule has 2 N–H and O–H groups in total. The van der Waals surface area contributed by atoms with Crippen LogP contribution >= 0.6 is 0 Å². The average molecular weight is 926 g/mol. The van der Waals surface area contributed by atoms with Gasteiger partial charge in [-0.15, -0.1) is 5.10 Å². The Morgan fingerprint density at radius 1 is 0.352 bits per heavy atom. The van der Waals surface area contributed by atoms with Crippen LogP contribution in [0.4, 0.5) is 0 Å². The molecule has 71 heavy (non-hydrogen) atoms. The average Bonchev–Trinajstić information content (AvgIpc) is 4.23. The van der Waals surface area contributed by atoms with Crippen LogP contribution in [0.1, 0.15) is 102 Å². The first-order valence-electron chi connectivity index (χ1n) is 24.6. The molecule has 7 nitrogen and oxygen atoms in total. The highest BCUT2D eigenvalue weighted by Gasteiger charge is 2.22. The van der Waals surface area contributed by atoms with Gasteiger partial charge in [-0.05, 0) is 116 Å². The minimum atomic E-state index is 0.00633. The van der Waals surface area contributed by atoms with E-state index in [1.165, 1.54) is 16.7 Å². The van der Waals surface area contributed by atoms with Crippen LogP contribution in [0.2, 0.25) is 0 Å². The maximum atomic E-state index is 5.57. The van der Waals surface area contributed by atoms with E-state index in [2.05, 4.69) is 228 Å². The fraction of sp³-hybridized carbons (Fsp3) is 0.188. The first kappa shape index (κ1) is 45.3.